The summed E-state index contributed by atoms with van der Waals surface area (Å²) in [6.45, 7) is 0. The first kappa shape index (κ1) is 14.9. The highest BCUT2D eigenvalue weighted by Crippen LogP contribution is 2.31. The van der Waals surface area contributed by atoms with Gasteiger partial charge in [0.1, 0.15) is 5.75 Å². The van der Waals surface area contributed by atoms with Crippen molar-refractivity contribution in [3.05, 3.63) is 34.4 Å². The first-order chi connectivity index (χ1) is 10.0. The zero-order chi connectivity index (χ0) is 15.3. The lowest BCUT2D eigenvalue weighted by Crippen LogP contribution is -2.36. The predicted octanol–water partition coefficient (Wildman–Crippen LogP) is 3.45. The van der Waals surface area contributed by atoms with Crippen LogP contribution in [0.1, 0.15) is 32.1 Å². The molecule has 0 radical (unpaired) electrons. The third-order valence-electron chi connectivity index (χ3n) is 3.45. The van der Waals surface area contributed by atoms with Gasteiger partial charge >= 0.3 is 6.16 Å². The monoisotopic (exact) mass is 289 g/mol. The van der Waals surface area contributed by atoms with Crippen LogP contribution in [0.5, 0.6) is 5.75 Å². The molecular weight excluding hydrogens is 274 g/mol. The average Bonchev–Trinajstić information content (AvgIpc) is 2.48. The van der Waals surface area contributed by atoms with Gasteiger partial charge in [-0.25, -0.2) is 4.79 Å². The van der Waals surface area contributed by atoms with Gasteiger partial charge in [-0.3, -0.25) is 10.1 Å². The van der Waals surface area contributed by atoms with Crippen LogP contribution in [0.4, 0.5) is 10.5 Å². The molecule has 0 heterocycles. The molecule has 0 saturated heterocycles. The smallest absolute Gasteiger partial charge is 0.414 e. The fraction of sp³-hybridized carbons (Fsp3) is 0.400. The van der Waals surface area contributed by atoms with Crippen molar-refractivity contribution < 1.29 is 19.2 Å². The Labute approximate surface area is 122 Å². The van der Waals surface area contributed by atoms with Gasteiger partial charge in [0.15, 0.2) is 5.60 Å². The lowest BCUT2D eigenvalue weighted by molar-refractivity contribution is -0.384. The summed E-state index contributed by atoms with van der Waals surface area (Å²) in [5, 5.41) is 10.5. The van der Waals surface area contributed by atoms with E-state index in [4.69, 9.17) is 15.9 Å². The van der Waals surface area contributed by atoms with Crippen LogP contribution in [0.15, 0.2) is 24.3 Å². The van der Waals surface area contributed by atoms with E-state index in [0.29, 0.717) is 12.8 Å². The second kappa shape index (κ2) is 6.27. The molecule has 1 saturated carbocycles. The molecule has 2 rings (SSSR count). The fourth-order valence-corrected chi connectivity index (χ4v) is 2.31. The maximum atomic E-state index is 11.8. The number of hydrogen-bond acceptors (Lipinski definition) is 5. The van der Waals surface area contributed by atoms with Gasteiger partial charge in [-0.15, -0.1) is 6.42 Å². The third-order valence-corrected chi connectivity index (χ3v) is 3.45. The van der Waals surface area contributed by atoms with E-state index in [9.17, 15) is 14.9 Å². The van der Waals surface area contributed by atoms with Crippen molar-refractivity contribution in [2.24, 2.45) is 0 Å². The van der Waals surface area contributed by atoms with Crippen molar-refractivity contribution in [2.45, 2.75) is 37.7 Å². The first-order valence-electron chi connectivity index (χ1n) is 6.68. The summed E-state index contributed by atoms with van der Waals surface area (Å²) >= 11 is 0. The molecule has 0 aliphatic heterocycles. The molecule has 0 spiro atoms. The van der Waals surface area contributed by atoms with Crippen LogP contribution in [0.3, 0.4) is 0 Å². The molecule has 1 aliphatic rings. The number of non-ortho nitro benzene ring substituents is 1. The van der Waals surface area contributed by atoms with E-state index in [0.717, 1.165) is 19.3 Å². The van der Waals surface area contributed by atoms with Gasteiger partial charge in [0.2, 0.25) is 0 Å². The lowest BCUT2D eigenvalue weighted by Gasteiger charge is -2.31. The minimum absolute atomic E-state index is 0.0805. The molecule has 0 amide bonds. The van der Waals surface area contributed by atoms with Gasteiger partial charge in [0.25, 0.3) is 5.69 Å². The number of nitro benzene ring substituents is 1. The van der Waals surface area contributed by atoms with Crippen molar-refractivity contribution in [1.29, 1.82) is 0 Å². The van der Waals surface area contributed by atoms with Gasteiger partial charge in [-0.1, -0.05) is 12.3 Å². The number of terminal acetylenes is 1. The van der Waals surface area contributed by atoms with E-state index < -0.39 is 16.7 Å². The highest BCUT2D eigenvalue weighted by molar-refractivity contribution is 5.65. The van der Waals surface area contributed by atoms with Crippen LogP contribution in [-0.2, 0) is 4.74 Å². The maximum Gasteiger partial charge on any atom is 0.515 e. The summed E-state index contributed by atoms with van der Waals surface area (Å²) in [5.74, 6) is 2.72. The molecule has 1 aliphatic carbocycles. The average molecular weight is 289 g/mol. The number of benzene rings is 1. The lowest BCUT2D eigenvalue weighted by atomic mass is 9.85. The van der Waals surface area contributed by atoms with E-state index in [-0.39, 0.29) is 11.4 Å². The summed E-state index contributed by atoms with van der Waals surface area (Å²) in [6, 6.07) is 5.17. The molecule has 0 atom stereocenters. The minimum Gasteiger partial charge on any atom is -0.414 e. The molecule has 0 N–H and O–H groups in total. The molecule has 110 valence electrons. The number of nitrogens with zero attached hydrogens (tertiary/aromatic N) is 1. The summed E-state index contributed by atoms with van der Waals surface area (Å²) in [6.07, 6.45) is 8.73. The van der Waals surface area contributed by atoms with E-state index in [2.05, 4.69) is 5.92 Å². The molecule has 21 heavy (non-hydrogen) atoms. The topological polar surface area (TPSA) is 78.7 Å². The second-order valence-electron chi connectivity index (χ2n) is 4.90. The Kier molecular flexibility index (Phi) is 4.43. The summed E-state index contributed by atoms with van der Waals surface area (Å²) < 4.78 is 10.3. The Morgan fingerprint density at radius 2 is 1.86 bits per heavy atom. The first-order valence-corrected chi connectivity index (χ1v) is 6.68. The van der Waals surface area contributed by atoms with Crippen molar-refractivity contribution in [2.75, 3.05) is 0 Å². The molecule has 6 nitrogen and oxygen atoms in total. The Morgan fingerprint density at radius 3 is 2.38 bits per heavy atom. The molecule has 1 aromatic rings. The van der Waals surface area contributed by atoms with E-state index >= 15 is 0 Å². The normalized spacial score (nSPS) is 16.5. The van der Waals surface area contributed by atoms with Crippen LogP contribution < -0.4 is 4.74 Å². The van der Waals surface area contributed by atoms with Crippen molar-refractivity contribution in [3.8, 4) is 18.1 Å². The number of nitro groups is 1. The Bertz CT molecular complexity index is 567. The Morgan fingerprint density at radius 1 is 1.24 bits per heavy atom. The highest BCUT2D eigenvalue weighted by Gasteiger charge is 2.34. The predicted molar refractivity (Wildman–Crippen MR) is 74.9 cm³/mol. The molecular formula is C15H15NO5. The standard InChI is InChI=1S/C15H15NO5/c1-2-15(10-4-3-5-11-15)21-14(17)20-13-8-6-12(7-9-13)16(18)19/h1,6-9H,3-5,10-11H2. The molecule has 0 bridgehead atoms. The Hall–Kier alpha value is -2.55. The molecule has 1 aromatic carbocycles. The van der Waals surface area contributed by atoms with Crippen molar-refractivity contribution in [3.63, 3.8) is 0 Å². The van der Waals surface area contributed by atoms with E-state index in [1.54, 1.807) is 0 Å². The van der Waals surface area contributed by atoms with Gasteiger partial charge < -0.3 is 9.47 Å². The number of ether oxygens (including phenoxy) is 2. The van der Waals surface area contributed by atoms with Crippen LogP contribution >= 0.6 is 0 Å². The van der Waals surface area contributed by atoms with Gasteiger partial charge in [-0.2, -0.15) is 0 Å². The summed E-state index contributed by atoms with van der Waals surface area (Å²) in [5.41, 5.74) is -0.973. The number of rotatable bonds is 3. The maximum absolute atomic E-state index is 11.8. The highest BCUT2D eigenvalue weighted by atomic mass is 16.7. The second-order valence-corrected chi connectivity index (χ2v) is 4.90. The molecule has 1 fully saturated rings. The summed E-state index contributed by atoms with van der Waals surface area (Å²) in [7, 11) is 0. The molecule has 6 heteroatoms. The Balaban J connectivity index is 1.98. The van der Waals surface area contributed by atoms with Gasteiger partial charge in [0, 0.05) is 12.1 Å². The van der Waals surface area contributed by atoms with Crippen molar-refractivity contribution >= 4 is 11.8 Å². The van der Waals surface area contributed by atoms with Crippen LogP contribution in [-0.4, -0.2) is 16.7 Å². The van der Waals surface area contributed by atoms with Crippen molar-refractivity contribution in [1.82, 2.24) is 0 Å². The zero-order valence-corrected chi connectivity index (χ0v) is 11.4. The molecule has 0 unspecified atom stereocenters. The van der Waals surface area contributed by atoms with E-state index in [1.807, 2.05) is 0 Å². The minimum atomic E-state index is -0.893. The van der Waals surface area contributed by atoms with Crippen LogP contribution in [0.2, 0.25) is 0 Å². The van der Waals surface area contributed by atoms with E-state index in [1.165, 1.54) is 24.3 Å². The SMILES string of the molecule is C#CC1(OC(=O)Oc2ccc([N+](=O)[O-])cc2)CCCCC1. The number of hydrogen-bond donors (Lipinski definition) is 0. The van der Waals surface area contributed by atoms with Gasteiger partial charge in [0.05, 0.1) is 4.92 Å². The quantitative estimate of drug-likeness (QED) is 0.280. The summed E-state index contributed by atoms with van der Waals surface area (Å²) in [4.78, 5) is 21.8. The number of carbonyl (C=O) groups is 1. The van der Waals surface area contributed by atoms with Gasteiger partial charge in [-0.05, 0) is 37.8 Å². The third kappa shape index (κ3) is 3.72. The largest absolute Gasteiger partial charge is 0.515 e. The zero-order valence-electron chi connectivity index (χ0n) is 11.4. The fourth-order valence-electron chi connectivity index (χ4n) is 2.31. The van der Waals surface area contributed by atoms with Crippen LogP contribution in [0.25, 0.3) is 0 Å². The number of carbonyl (C=O) groups excluding carboxylic acids is 1. The molecule has 0 aromatic heterocycles. The van der Waals surface area contributed by atoms with Crippen LogP contribution in [0, 0.1) is 22.5 Å².